The van der Waals surface area contributed by atoms with Gasteiger partial charge in [-0.15, -0.1) is 0 Å². The Morgan fingerprint density at radius 2 is 1.95 bits per heavy atom. The summed E-state index contributed by atoms with van der Waals surface area (Å²) in [6.07, 6.45) is 1.61. The van der Waals surface area contributed by atoms with Gasteiger partial charge in [-0.1, -0.05) is 44.2 Å². The van der Waals surface area contributed by atoms with Crippen molar-refractivity contribution in [3.63, 3.8) is 0 Å². The highest BCUT2D eigenvalue weighted by molar-refractivity contribution is 5.87. The lowest BCUT2D eigenvalue weighted by molar-refractivity contribution is -0.124. The Kier molecular flexibility index (Phi) is 5.81. The highest BCUT2D eigenvalue weighted by Crippen LogP contribution is 2.17. The van der Waals surface area contributed by atoms with Crippen LogP contribution in [0.2, 0.25) is 0 Å². The monoisotopic (exact) mass is 303 g/mol. The minimum absolute atomic E-state index is 0.0685. The zero-order valence-corrected chi connectivity index (χ0v) is 13.3. The number of rotatable bonds is 5. The van der Waals surface area contributed by atoms with E-state index in [9.17, 15) is 9.59 Å². The third-order valence-corrected chi connectivity index (χ3v) is 3.79. The van der Waals surface area contributed by atoms with Crippen LogP contribution in [0.25, 0.3) is 0 Å². The Morgan fingerprint density at radius 1 is 1.23 bits per heavy atom. The Hall–Kier alpha value is -2.04. The number of amides is 3. The lowest BCUT2D eigenvalue weighted by atomic mass is 10.2. The molecule has 1 atom stereocenters. The quantitative estimate of drug-likeness (QED) is 0.875. The molecule has 1 saturated heterocycles. The molecule has 0 bridgehead atoms. The molecule has 120 valence electrons. The van der Waals surface area contributed by atoms with Gasteiger partial charge in [0.15, 0.2) is 0 Å². The highest BCUT2D eigenvalue weighted by Gasteiger charge is 2.33. The van der Waals surface area contributed by atoms with Crippen molar-refractivity contribution in [2.24, 2.45) is 5.92 Å². The predicted molar refractivity (Wildman–Crippen MR) is 86.3 cm³/mol. The number of nitrogens with zero attached hydrogens (tertiary/aromatic N) is 1. The van der Waals surface area contributed by atoms with Crippen molar-refractivity contribution in [2.45, 2.75) is 39.3 Å². The average Bonchev–Trinajstić information content (AvgIpc) is 3.01. The molecule has 1 fully saturated rings. The van der Waals surface area contributed by atoms with E-state index >= 15 is 0 Å². The molecule has 5 heteroatoms. The number of nitrogens with one attached hydrogen (secondary N) is 2. The van der Waals surface area contributed by atoms with Gasteiger partial charge >= 0.3 is 6.03 Å². The van der Waals surface area contributed by atoms with Gasteiger partial charge in [-0.05, 0) is 24.3 Å². The molecule has 0 aliphatic carbocycles. The smallest absolute Gasteiger partial charge is 0.318 e. The van der Waals surface area contributed by atoms with Gasteiger partial charge in [0.05, 0.1) is 0 Å². The van der Waals surface area contributed by atoms with Crippen molar-refractivity contribution in [1.29, 1.82) is 0 Å². The summed E-state index contributed by atoms with van der Waals surface area (Å²) in [5.41, 5.74) is 1.06. The molecule has 22 heavy (non-hydrogen) atoms. The van der Waals surface area contributed by atoms with Crippen molar-refractivity contribution in [1.82, 2.24) is 15.5 Å². The van der Waals surface area contributed by atoms with Crippen molar-refractivity contribution >= 4 is 11.9 Å². The van der Waals surface area contributed by atoms with E-state index in [1.54, 1.807) is 4.90 Å². The fourth-order valence-electron chi connectivity index (χ4n) is 2.58. The third-order valence-electron chi connectivity index (χ3n) is 3.79. The standard InChI is InChI=1S/C17H25N3O2/c1-13(2)11-19-17(22)20-10-6-9-15(20)16(21)18-12-14-7-4-3-5-8-14/h3-5,7-8,13,15H,6,9-12H2,1-2H3,(H,18,21)(H,19,22). The van der Waals surface area contributed by atoms with Crippen molar-refractivity contribution < 1.29 is 9.59 Å². The minimum Gasteiger partial charge on any atom is -0.350 e. The van der Waals surface area contributed by atoms with Crippen LogP contribution in [-0.2, 0) is 11.3 Å². The molecule has 0 spiro atoms. The lowest BCUT2D eigenvalue weighted by Gasteiger charge is -2.24. The summed E-state index contributed by atoms with van der Waals surface area (Å²) in [7, 11) is 0. The number of hydrogen-bond acceptors (Lipinski definition) is 2. The maximum absolute atomic E-state index is 12.3. The number of carbonyl (C=O) groups excluding carboxylic acids is 2. The van der Waals surface area contributed by atoms with Crippen LogP contribution < -0.4 is 10.6 Å². The predicted octanol–water partition coefficient (Wildman–Crippen LogP) is 2.13. The molecule has 0 saturated carbocycles. The molecular weight excluding hydrogens is 278 g/mol. The normalized spacial score (nSPS) is 17.6. The number of likely N-dealkylation sites (tertiary alicyclic amines) is 1. The summed E-state index contributed by atoms with van der Waals surface area (Å²) >= 11 is 0. The molecular formula is C17H25N3O2. The SMILES string of the molecule is CC(C)CNC(=O)N1CCCC1C(=O)NCc1ccccc1. The van der Waals surface area contributed by atoms with Crippen LogP contribution in [0.5, 0.6) is 0 Å². The number of hydrogen-bond donors (Lipinski definition) is 2. The summed E-state index contributed by atoms with van der Waals surface area (Å²) in [4.78, 5) is 26.2. The molecule has 2 N–H and O–H groups in total. The molecule has 2 rings (SSSR count). The van der Waals surface area contributed by atoms with E-state index in [4.69, 9.17) is 0 Å². The van der Waals surface area contributed by atoms with Crippen molar-refractivity contribution in [2.75, 3.05) is 13.1 Å². The maximum Gasteiger partial charge on any atom is 0.318 e. The first-order valence-corrected chi connectivity index (χ1v) is 7.94. The van der Waals surface area contributed by atoms with Crippen LogP contribution in [0.3, 0.4) is 0 Å². The van der Waals surface area contributed by atoms with Crippen molar-refractivity contribution in [3.8, 4) is 0 Å². The molecule has 1 aliphatic heterocycles. The first-order valence-electron chi connectivity index (χ1n) is 7.94. The average molecular weight is 303 g/mol. The highest BCUT2D eigenvalue weighted by atomic mass is 16.2. The Bertz CT molecular complexity index is 502. The van der Waals surface area contributed by atoms with Gasteiger partial charge in [-0.25, -0.2) is 4.79 Å². The van der Waals surface area contributed by atoms with E-state index in [1.807, 2.05) is 44.2 Å². The largest absolute Gasteiger partial charge is 0.350 e. The van der Waals surface area contributed by atoms with E-state index in [0.717, 1.165) is 18.4 Å². The van der Waals surface area contributed by atoms with E-state index < -0.39 is 0 Å². The van der Waals surface area contributed by atoms with Crippen LogP contribution >= 0.6 is 0 Å². The molecule has 0 radical (unpaired) electrons. The molecule has 1 unspecified atom stereocenters. The van der Waals surface area contributed by atoms with Gasteiger partial charge in [0, 0.05) is 19.6 Å². The first-order chi connectivity index (χ1) is 10.6. The summed E-state index contributed by atoms with van der Waals surface area (Å²) < 4.78 is 0. The zero-order valence-electron chi connectivity index (χ0n) is 13.3. The number of benzene rings is 1. The summed E-state index contributed by atoms with van der Waals surface area (Å²) in [5.74, 6) is 0.331. The van der Waals surface area contributed by atoms with E-state index in [0.29, 0.717) is 25.6 Å². The van der Waals surface area contributed by atoms with Crippen LogP contribution in [-0.4, -0.2) is 36.0 Å². The summed E-state index contributed by atoms with van der Waals surface area (Å²) in [6.45, 7) is 5.88. The second kappa shape index (κ2) is 7.82. The minimum atomic E-state index is -0.351. The third kappa shape index (κ3) is 4.48. The van der Waals surface area contributed by atoms with Gasteiger partial charge in [0.25, 0.3) is 0 Å². The van der Waals surface area contributed by atoms with Crippen molar-refractivity contribution in [3.05, 3.63) is 35.9 Å². The van der Waals surface area contributed by atoms with Gasteiger partial charge < -0.3 is 15.5 Å². The van der Waals surface area contributed by atoms with Gasteiger partial charge in [-0.2, -0.15) is 0 Å². The molecule has 1 aromatic rings. The van der Waals surface area contributed by atoms with Crippen LogP contribution in [0.1, 0.15) is 32.3 Å². The Labute approximate surface area is 132 Å². The fourth-order valence-corrected chi connectivity index (χ4v) is 2.58. The topological polar surface area (TPSA) is 61.4 Å². The van der Waals surface area contributed by atoms with Gasteiger partial charge in [0.1, 0.15) is 6.04 Å². The molecule has 1 aromatic carbocycles. The van der Waals surface area contributed by atoms with E-state index in [1.165, 1.54) is 0 Å². The van der Waals surface area contributed by atoms with E-state index in [-0.39, 0.29) is 18.0 Å². The van der Waals surface area contributed by atoms with Gasteiger partial charge in [-0.3, -0.25) is 4.79 Å². The first kappa shape index (κ1) is 16.3. The molecule has 1 heterocycles. The second-order valence-electron chi connectivity index (χ2n) is 6.13. The maximum atomic E-state index is 12.3. The second-order valence-corrected chi connectivity index (χ2v) is 6.13. The molecule has 5 nitrogen and oxygen atoms in total. The van der Waals surface area contributed by atoms with E-state index in [2.05, 4.69) is 10.6 Å². The van der Waals surface area contributed by atoms with Gasteiger partial charge in [0.2, 0.25) is 5.91 Å². The Balaban J connectivity index is 1.86. The summed E-state index contributed by atoms with van der Waals surface area (Å²) in [5, 5.41) is 5.82. The molecule has 0 aromatic heterocycles. The molecule has 3 amide bonds. The Morgan fingerprint density at radius 3 is 2.64 bits per heavy atom. The summed E-state index contributed by atoms with van der Waals surface area (Å²) in [6, 6.07) is 9.31. The molecule has 1 aliphatic rings. The van der Waals surface area contributed by atoms with Crippen LogP contribution in [0.15, 0.2) is 30.3 Å². The number of carbonyl (C=O) groups is 2. The van der Waals surface area contributed by atoms with Crippen LogP contribution in [0, 0.1) is 5.92 Å². The van der Waals surface area contributed by atoms with Crippen LogP contribution in [0.4, 0.5) is 4.79 Å². The zero-order chi connectivity index (χ0) is 15.9. The fraction of sp³-hybridized carbons (Fsp3) is 0.529. The lowest BCUT2D eigenvalue weighted by Crippen LogP contribution is -2.49. The number of urea groups is 1.